The molecule has 70 valence electrons. The highest BCUT2D eigenvalue weighted by molar-refractivity contribution is 5.67. The van der Waals surface area contributed by atoms with Crippen molar-refractivity contribution in [3.05, 3.63) is 0 Å². The SMILES string of the molecule is CCN1CCOCC1CC(=O)O. The number of carboxylic acid groups (broad SMARTS) is 1. The Morgan fingerprint density at radius 1 is 1.75 bits per heavy atom. The molecule has 0 amide bonds. The van der Waals surface area contributed by atoms with E-state index in [-0.39, 0.29) is 12.5 Å². The van der Waals surface area contributed by atoms with Gasteiger partial charge in [-0.1, -0.05) is 6.92 Å². The van der Waals surface area contributed by atoms with E-state index in [9.17, 15) is 4.79 Å². The van der Waals surface area contributed by atoms with E-state index in [1.165, 1.54) is 0 Å². The smallest absolute Gasteiger partial charge is 0.305 e. The van der Waals surface area contributed by atoms with Gasteiger partial charge in [-0.3, -0.25) is 9.69 Å². The Morgan fingerprint density at radius 2 is 2.50 bits per heavy atom. The number of carbonyl (C=O) groups is 1. The minimum atomic E-state index is -0.746. The van der Waals surface area contributed by atoms with Crippen LogP contribution in [0.3, 0.4) is 0 Å². The van der Waals surface area contributed by atoms with E-state index in [1.54, 1.807) is 0 Å². The Morgan fingerprint density at radius 3 is 3.08 bits per heavy atom. The molecule has 0 aliphatic carbocycles. The summed E-state index contributed by atoms with van der Waals surface area (Å²) in [4.78, 5) is 12.6. The zero-order valence-electron chi connectivity index (χ0n) is 7.32. The highest BCUT2D eigenvalue weighted by Crippen LogP contribution is 2.09. The van der Waals surface area contributed by atoms with Crippen LogP contribution < -0.4 is 0 Å². The maximum atomic E-state index is 10.4. The number of morpholine rings is 1. The average molecular weight is 173 g/mol. The van der Waals surface area contributed by atoms with Gasteiger partial charge in [0, 0.05) is 12.6 Å². The van der Waals surface area contributed by atoms with Crippen LogP contribution in [0.4, 0.5) is 0 Å². The van der Waals surface area contributed by atoms with Crippen LogP contribution in [0.15, 0.2) is 0 Å². The molecule has 1 unspecified atom stereocenters. The second-order valence-corrected chi connectivity index (χ2v) is 2.96. The van der Waals surface area contributed by atoms with Crippen LogP contribution in [-0.4, -0.2) is 48.3 Å². The number of carboxylic acids is 1. The van der Waals surface area contributed by atoms with E-state index >= 15 is 0 Å². The first-order chi connectivity index (χ1) is 5.74. The van der Waals surface area contributed by atoms with Gasteiger partial charge in [-0.15, -0.1) is 0 Å². The molecule has 0 saturated carbocycles. The van der Waals surface area contributed by atoms with Crippen molar-refractivity contribution in [1.29, 1.82) is 0 Å². The number of nitrogens with zero attached hydrogens (tertiary/aromatic N) is 1. The van der Waals surface area contributed by atoms with Gasteiger partial charge in [-0.05, 0) is 6.54 Å². The van der Waals surface area contributed by atoms with Crippen LogP contribution in [0.1, 0.15) is 13.3 Å². The van der Waals surface area contributed by atoms with Gasteiger partial charge < -0.3 is 9.84 Å². The summed E-state index contributed by atoms with van der Waals surface area (Å²) >= 11 is 0. The van der Waals surface area contributed by atoms with Gasteiger partial charge in [0.15, 0.2) is 0 Å². The molecule has 4 nitrogen and oxygen atoms in total. The summed E-state index contributed by atoms with van der Waals surface area (Å²) in [6, 6.07) is 0.0706. The van der Waals surface area contributed by atoms with Crippen molar-refractivity contribution in [3.8, 4) is 0 Å². The molecule has 4 heteroatoms. The van der Waals surface area contributed by atoms with Gasteiger partial charge in [-0.2, -0.15) is 0 Å². The number of ether oxygens (including phenoxy) is 1. The van der Waals surface area contributed by atoms with Gasteiger partial charge in [0.1, 0.15) is 0 Å². The monoisotopic (exact) mass is 173 g/mol. The van der Waals surface area contributed by atoms with Crippen LogP contribution in [0.25, 0.3) is 0 Å². The number of likely N-dealkylation sites (N-methyl/N-ethyl adjacent to an activating group) is 1. The molecule has 1 heterocycles. The number of aliphatic carboxylic acids is 1. The molecule has 1 saturated heterocycles. The fraction of sp³-hybridized carbons (Fsp3) is 0.875. The van der Waals surface area contributed by atoms with Crippen LogP contribution >= 0.6 is 0 Å². The van der Waals surface area contributed by atoms with E-state index in [0.29, 0.717) is 6.61 Å². The third-order valence-corrected chi connectivity index (χ3v) is 2.17. The fourth-order valence-electron chi connectivity index (χ4n) is 1.50. The van der Waals surface area contributed by atoms with Crippen molar-refractivity contribution >= 4 is 5.97 Å². The predicted octanol–water partition coefficient (Wildman–Crippen LogP) is 0.182. The largest absolute Gasteiger partial charge is 0.481 e. The van der Waals surface area contributed by atoms with Crippen LogP contribution in [-0.2, 0) is 9.53 Å². The molecule has 0 spiro atoms. The fourth-order valence-corrected chi connectivity index (χ4v) is 1.50. The topological polar surface area (TPSA) is 49.8 Å². The molecule has 0 aromatic rings. The van der Waals surface area contributed by atoms with Crippen LogP contribution in [0.2, 0.25) is 0 Å². The van der Waals surface area contributed by atoms with Crippen molar-refractivity contribution in [2.45, 2.75) is 19.4 Å². The first-order valence-electron chi connectivity index (χ1n) is 4.27. The molecular weight excluding hydrogens is 158 g/mol. The summed E-state index contributed by atoms with van der Waals surface area (Å²) < 4.78 is 5.21. The zero-order chi connectivity index (χ0) is 8.97. The third-order valence-electron chi connectivity index (χ3n) is 2.17. The van der Waals surface area contributed by atoms with Crippen LogP contribution in [0, 0.1) is 0 Å². The summed E-state index contributed by atoms with van der Waals surface area (Å²) in [5.74, 6) is -0.746. The molecule has 12 heavy (non-hydrogen) atoms. The van der Waals surface area contributed by atoms with Crippen molar-refractivity contribution in [3.63, 3.8) is 0 Å². The van der Waals surface area contributed by atoms with E-state index in [0.717, 1.165) is 19.7 Å². The van der Waals surface area contributed by atoms with Crippen LogP contribution in [0.5, 0.6) is 0 Å². The number of hydrogen-bond acceptors (Lipinski definition) is 3. The van der Waals surface area contributed by atoms with Gasteiger partial charge >= 0.3 is 5.97 Å². The van der Waals surface area contributed by atoms with Crippen molar-refractivity contribution in [1.82, 2.24) is 4.90 Å². The summed E-state index contributed by atoms with van der Waals surface area (Å²) in [6.45, 7) is 5.08. The van der Waals surface area contributed by atoms with E-state index in [1.807, 2.05) is 6.92 Å². The Labute approximate surface area is 72.1 Å². The second-order valence-electron chi connectivity index (χ2n) is 2.96. The highest BCUT2D eigenvalue weighted by Gasteiger charge is 2.23. The maximum Gasteiger partial charge on any atom is 0.305 e. The third kappa shape index (κ3) is 2.46. The lowest BCUT2D eigenvalue weighted by Gasteiger charge is -2.33. The summed E-state index contributed by atoms with van der Waals surface area (Å²) in [5, 5.41) is 8.60. The minimum Gasteiger partial charge on any atom is -0.481 e. The van der Waals surface area contributed by atoms with Gasteiger partial charge in [-0.25, -0.2) is 0 Å². The van der Waals surface area contributed by atoms with Crippen molar-refractivity contribution < 1.29 is 14.6 Å². The number of hydrogen-bond donors (Lipinski definition) is 1. The molecule has 0 aromatic carbocycles. The van der Waals surface area contributed by atoms with Gasteiger partial charge in [0.25, 0.3) is 0 Å². The van der Waals surface area contributed by atoms with Crippen molar-refractivity contribution in [2.24, 2.45) is 0 Å². The van der Waals surface area contributed by atoms with Gasteiger partial charge in [0.2, 0.25) is 0 Å². The zero-order valence-corrected chi connectivity index (χ0v) is 7.32. The Bertz CT molecular complexity index is 160. The lowest BCUT2D eigenvalue weighted by molar-refractivity contribution is -0.140. The Hall–Kier alpha value is -0.610. The van der Waals surface area contributed by atoms with Gasteiger partial charge in [0.05, 0.1) is 19.6 Å². The number of rotatable bonds is 3. The summed E-state index contributed by atoms with van der Waals surface area (Å²) in [5.41, 5.74) is 0. The Balaban J connectivity index is 2.41. The quantitative estimate of drug-likeness (QED) is 0.661. The molecule has 0 radical (unpaired) electrons. The highest BCUT2D eigenvalue weighted by atomic mass is 16.5. The van der Waals surface area contributed by atoms with E-state index < -0.39 is 5.97 Å². The summed E-state index contributed by atoms with van der Waals surface area (Å²) in [7, 11) is 0. The molecule has 1 rings (SSSR count). The first-order valence-corrected chi connectivity index (χ1v) is 4.27. The lowest BCUT2D eigenvalue weighted by atomic mass is 10.1. The molecular formula is C8H15NO3. The first kappa shape index (κ1) is 9.48. The molecule has 1 N–H and O–H groups in total. The molecule has 1 aliphatic heterocycles. The Kier molecular flexibility index (Phi) is 3.49. The predicted molar refractivity (Wildman–Crippen MR) is 44.1 cm³/mol. The van der Waals surface area contributed by atoms with E-state index in [4.69, 9.17) is 9.84 Å². The summed E-state index contributed by atoms with van der Waals surface area (Å²) in [6.07, 6.45) is 0.188. The molecule has 1 fully saturated rings. The van der Waals surface area contributed by atoms with E-state index in [2.05, 4.69) is 4.90 Å². The molecule has 0 aromatic heterocycles. The lowest BCUT2D eigenvalue weighted by Crippen LogP contribution is -2.46. The second kappa shape index (κ2) is 4.42. The minimum absolute atomic E-state index is 0.0706. The molecule has 1 atom stereocenters. The molecule has 0 bridgehead atoms. The molecule has 1 aliphatic rings. The average Bonchev–Trinajstić information content (AvgIpc) is 2.04. The maximum absolute atomic E-state index is 10.4. The normalized spacial score (nSPS) is 25.6. The van der Waals surface area contributed by atoms with Crippen molar-refractivity contribution in [2.75, 3.05) is 26.3 Å². The standard InChI is InChI=1S/C8H15NO3/c1-2-9-3-4-12-6-7(9)5-8(10)11/h7H,2-6H2,1H3,(H,10,11).